The molecule has 0 saturated heterocycles. The first-order valence-corrected chi connectivity index (χ1v) is 26.7. The molecule has 2 aromatic rings. The maximum atomic E-state index is 2.78. The molecule has 2 heteroatoms. The summed E-state index contributed by atoms with van der Waals surface area (Å²) in [6, 6.07) is 20.7. The summed E-state index contributed by atoms with van der Waals surface area (Å²) < 4.78 is 1.57. The first-order valence-electron chi connectivity index (χ1n) is 13.4. The Labute approximate surface area is 217 Å². The van der Waals surface area contributed by atoms with Crippen molar-refractivity contribution < 1.29 is 18.6 Å². The number of hydrogen-bond donors (Lipinski definition) is 0. The maximum absolute atomic E-state index is 2.78. The van der Waals surface area contributed by atoms with Crippen molar-refractivity contribution in [3.63, 3.8) is 0 Å². The van der Waals surface area contributed by atoms with Crippen LogP contribution < -0.4 is 0 Å². The summed E-state index contributed by atoms with van der Waals surface area (Å²) in [5.74, 6) is 0. The van der Waals surface area contributed by atoms with Crippen molar-refractivity contribution in [2.75, 3.05) is 0 Å². The minimum absolute atomic E-state index is 0.742. The Hall–Kier alpha value is -0.914. The van der Waals surface area contributed by atoms with Gasteiger partial charge in [0.15, 0.2) is 0 Å². The Morgan fingerprint density at radius 2 is 1.29 bits per heavy atom. The average molecular weight is 591 g/mol. The van der Waals surface area contributed by atoms with Crippen LogP contribution in [-0.2, 0) is 18.6 Å². The molecule has 0 fully saturated rings. The summed E-state index contributed by atoms with van der Waals surface area (Å²) in [6.45, 7) is 14.6. The Balaban J connectivity index is 1.95. The molecule has 178 valence electrons. The number of allylic oxidation sites excluding steroid dienone is 5. The second kappa shape index (κ2) is 11.9. The zero-order valence-corrected chi connectivity index (χ0v) is 26.7. The third kappa shape index (κ3) is 5.13. The molecule has 0 spiro atoms. The Bertz CT molecular complexity index is 1130. The molecular formula is C32H42GeZr. The molecule has 4 rings (SSSR count). The number of hydrogen-bond acceptors (Lipinski definition) is 0. The summed E-state index contributed by atoms with van der Waals surface area (Å²) in [6.07, 6.45) is 8.42. The average Bonchev–Trinajstić information content (AvgIpc) is 3.33. The van der Waals surface area contributed by atoms with Crippen molar-refractivity contribution in [3.8, 4) is 0 Å². The summed E-state index contributed by atoms with van der Waals surface area (Å²) in [4.78, 5) is 0. The zero-order chi connectivity index (χ0) is 24.2. The van der Waals surface area contributed by atoms with Gasteiger partial charge in [-0.15, -0.1) is 0 Å². The van der Waals surface area contributed by atoms with Gasteiger partial charge in [0.05, 0.1) is 0 Å². The third-order valence-corrected chi connectivity index (χ3v) is 44.8. The Kier molecular flexibility index (Phi) is 9.14. The molecule has 1 atom stereocenters. The fourth-order valence-electron chi connectivity index (χ4n) is 6.10. The number of unbranched alkanes of at least 4 members (excludes halogenated alkanes) is 2. The van der Waals surface area contributed by atoms with Gasteiger partial charge in [-0.05, 0) is 0 Å². The molecule has 2 aromatic carbocycles. The molecule has 34 heavy (non-hydrogen) atoms. The summed E-state index contributed by atoms with van der Waals surface area (Å²) >= 11 is -1.93. The fraction of sp³-hybridized carbons (Fsp3) is 0.438. The van der Waals surface area contributed by atoms with Crippen molar-refractivity contribution in [1.82, 2.24) is 0 Å². The molecule has 0 saturated carbocycles. The molecule has 0 amide bonds. The minimum atomic E-state index is -1.93. The van der Waals surface area contributed by atoms with Gasteiger partial charge >= 0.3 is 219 Å². The fourth-order valence-corrected chi connectivity index (χ4v) is 50.5. The molecule has 2 aliphatic carbocycles. The topological polar surface area (TPSA) is 0 Å². The van der Waals surface area contributed by atoms with Crippen molar-refractivity contribution in [2.24, 2.45) is 0 Å². The van der Waals surface area contributed by atoms with Crippen molar-refractivity contribution in [1.29, 1.82) is 0 Å². The number of fused-ring (bicyclic) bond motifs is 1. The van der Waals surface area contributed by atoms with Crippen LogP contribution in [0.25, 0.3) is 5.57 Å². The first-order chi connectivity index (χ1) is 16.5. The van der Waals surface area contributed by atoms with Crippen molar-refractivity contribution in [3.05, 3.63) is 99.7 Å². The van der Waals surface area contributed by atoms with Gasteiger partial charge in [-0.3, -0.25) is 0 Å². The predicted molar refractivity (Wildman–Crippen MR) is 148 cm³/mol. The second-order valence-electron chi connectivity index (χ2n) is 10.3. The van der Waals surface area contributed by atoms with E-state index >= 15 is 0 Å². The molecule has 1 unspecified atom stereocenters. The van der Waals surface area contributed by atoms with E-state index in [9.17, 15) is 0 Å². The summed E-state index contributed by atoms with van der Waals surface area (Å²) in [7, 11) is -1.17. The van der Waals surface area contributed by atoms with E-state index in [1.54, 1.807) is 38.4 Å². The van der Waals surface area contributed by atoms with Crippen LogP contribution in [0.4, 0.5) is 0 Å². The van der Waals surface area contributed by atoms with Gasteiger partial charge in [0.25, 0.3) is 0 Å². The molecule has 0 bridgehead atoms. The van der Waals surface area contributed by atoms with Crippen LogP contribution in [0, 0.1) is 0 Å². The summed E-state index contributed by atoms with van der Waals surface area (Å²) in [5, 5.41) is 3.21. The SMILES string of the molecule is CCC[CH2][Ge]([CH2]CCC)=[Zr]([CH]1C(C)=C(C)C(C)=C1C)[CH]1C=C(c2ccccc2)c2ccccc21. The molecule has 0 heterocycles. The Morgan fingerprint density at radius 3 is 1.88 bits per heavy atom. The van der Waals surface area contributed by atoms with E-state index in [4.69, 9.17) is 0 Å². The molecular weight excluding hydrogens is 548 g/mol. The van der Waals surface area contributed by atoms with Gasteiger partial charge in [-0.25, -0.2) is 0 Å². The number of benzene rings is 2. The van der Waals surface area contributed by atoms with Gasteiger partial charge in [-0.2, -0.15) is 0 Å². The van der Waals surface area contributed by atoms with Crippen LogP contribution in [0.1, 0.15) is 87.5 Å². The second-order valence-corrected chi connectivity index (χ2v) is 36.3. The monoisotopic (exact) mass is 590 g/mol. The molecule has 0 nitrogen and oxygen atoms in total. The molecule has 0 radical (unpaired) electrons. The summed E-state index contributed by atoms with van der Waals surface area (Å²) in [5.41, 5.74) is 12.8. The number of rotatable bonds is 9. The van der Waals surface area contributed by atoms with Crippen LogP contribution in [0.15, 0.2) is 83.0 Å². The van der Waals surface area contributed by atoms with E-state index in [2.05, 4.69) is 102 Å². The normalized spacial score (nSPS) is 17.9. The van der Waals surface area contributed by atoms with Crippen LogP contribution in [0.5, 0.6) is 0 Å². The molecule has 0 N–H and O–H groups in total. The standard InChI is InChI=1S/C15H11.C9H13.C8H18Ge.Zr/c1-2-6-12(7-3-1)15-11-10-13-8-4-5-9-14(13)15;1-6-5-7(2)9(4)8(6)3;1-3-5-7-9-8-6-4-2;/h1-11H;5H,1-4H3;3-8H2,1-2H3;. The van der Waals surface area contributed by atoms with E-state index in [0.29, 0.717) is 0 Å². The third-order valence-electron chi connectivity index (χ3n) is 8.33. The molecule has 2 aliphatic rings. The van der Waals surface area contributed by atoms with Crippen LogP contribution in [0.3, 0.4) is 0 Å². The van der Waals surface area contributed by atoms with E-state index in [-0.39, 0.29) is 0 Å². The van der Waals surface area contributed by atoms with Crippen LogP contribution >= 0.6 is 0 Å². The zero-order valence-electron chi connectivity index (χ0n) is 22.2. The van der Waals surface area contributed by atoms with E-state index in [0.717, 1.165) is 7.25 Å². The van der Waals surface area contributed by atoms with E-state index < -0.39 is 28.6 Å². The quantitative estimate of drug-likeness (QED) is 0.255. The predicted octanol–water partition coefficient (Wildman–Crippen LogP) is 9.86. The van der Waals surface area contributed by atoms with Crippen LogP contribution in [0.2, 0.25) is 14.1 Å². The van der Waals surface area contributed by atoms with Crippen LogP contribution in [-0.4, -0.2) is 9.98 Å². The first kappa shape index (κ1) is 26.2. The van der Waals surface area contributed by atoms with Gasteiger partial charge in [-0.1, -0.05) is 0 Å². The molecule has 0 aliphatic heterocycles. The van der Waals surface area contributed by atoms with Crippen molar-refractivity contribution in [2.45, 2.75) is 85.0 Å². The van der Waals surface area contributed by atoms with Gasteiger partial charge in [0, 0.05) is 0 Å². The molecule has 0 aromatic heterocycles. The van der Waals surface area contributed by atoms with Gasteiger partial charge in [0.1, 0.15) is 0 Å². The van der Waals surface area contributed by atoms with Gasteiger partial charge in [0.2, 0.25) is 0 Å². The van der Waals surface area contributed by atoms with E-state index in [1.165, 1.54) is 42.4 Å². The van der Waals surface area contributed by atoms with Crippen molar-refractivity contribution >= 4 is 15.5 Å². The van der Waals surface area contributed by atoms with Gasteiger partial charge < -0.3 is 0 Å². The Morgan fingerprint density at radius 1 is 0.735 bits per heavy atom. The van der Waals surface area contributed by atoms with E-state index in [1.807, 2.05) is 0 Å².